The number of aliphatic hydroxyl groups excluding tert-OH is 1. The fourth-order valence-corrected chi connectivity index (χ4v) is 2.49. The summed E-state index contributed by atoms with van der Waals surface area (Å²) in [5.41, 5.74) is -1.08. The summed E-state index contributed by atoms with van der Waals surface area (Å²) in [6, 6.07) is -0.801. The lowest BCUT2D eigenvalue weighted by molar-refractivity contribution is -0.148. The SMILES string of the molecule is CC1(C(=O)O)COCC1NC(=O)N1CCC(CO)C1. The van der Waals surface area contributed by atoms with Gasteiger partial charge in [0.25, 0.3) is 0 Å². The van der Waals surface area contributed by atoms with E-state index >= 15 is 0 Å². The Morgan fingerprint density at radius 3 is 2.84 bits per heavy atom. The van der Waals surface area contributed by atoms with Crippen molar-refractivity contribution < 1.29 is 24.5 Å². The molecule has 0 aliphatic carbocycles. The molecule has 7 heteroatoms. The highest BCUT2D eigenvalue weighted by Crippen LogP contribution is 2.29. The third-order valence-electron chi connectivity index (χ3n) is 4.07. The predicted molar refractivity (Wildman–Crippen MR) is 65.6 cm³/mol. The number of hydrogen-bond donors (Lipinski definition) is 3. The zero-order valence-electron chi connectivity index (χ0n) is 11.0. The van der Waals surface area contributed by atoms with Crippen LogP contribution in [-0.2, 0) is 9.53 Å². The topological polar surface area (TPSA) is 99.1 Å². The first-order valence-corrected chi connectivity index (χ1v) is 6.45. The first-order chi connectivity index (χ1) is 8.97. The molecule has 7 nitrogen and oxygen atoms in total. The van der Waals surface area contributed by atoms with Crippen molar-refractivity contribution in [3.8, 4) is 0 Å². The van der Waals surface area contributed by atoms with Crippen molar-refractivity contribution in [2.45, 2.75) is 19.4 Å². The summed E-state index contributed by atoms with van der Waals surface area (Å²) in [5, 5.41) is 21.0. The van der Waals surface area contributed by atoms with Crippen LogP contribution in [0.5, 0.6) is 0 Å². The molecule has 0 radical (unpaired) electrons. The quantitative estimate of drug-likeness (QED) is 0.643. The Bertz CT molecular complexity index is 375. The highest BCUT2D eigenvalue weighted by atomic mass is 16.5. The molecule has 2 amide bonds. The monoisotopic (exact) mass is 272 g/mol. The highest BCUT2D eigenvalue weighted by molar-refractivity contribution is 5.79. The van der Waals surface area contributed by atoms with Crippen molar-refractivity contribution in [1.29, 1.82) is 0 Å². The Labute approximate surface area is 111 Å². The maximum Gasteiger partial charge on any atom is 0.317 e. The van der Waals surface area contributed by atoms with E-state index in [9.17, 15) is 14.7 Å². The van der Waals surface area contributed by atoms with Gasteiger partial charge in [0.05, 0.1) is 19.3 Å². The summed E-state index contributed by atoms with van der Waals surface area (Å²) >= 11 is 0. The number of carboxylic acids is 1. The molecule has 3 atom stereocenters. The van der Waals surface area contributed by atoms with E-state index < -0.39 is 17.4 Å². The van der Waals surface area contributed by atoms with Crippen molar-refractivity contribution >= 4 is 12.0 Å². The van der Waals surface area contributed by atoms with Gasteiger partial charge in [0.1, 0.15) is 5.41 Å². The summed E-state index contributed by atoms with van der Waals surface area (Å²) in [4.78, 5) is 24.9. The van der Waals surface area contributed by atoms with Gasteiger partial charge in [-0.1, -0.05) is 0 Å². The van der Waals surface area contributed by atoms with Gasteiger partial charge >= 0.3 is 12.0 Å². The number of hydrogen-bond acceptors (Lipinski definition) is 4. The molecule has 2 aliphatic heterocycles. The second-order valence-corrected chi connectivity index (χ2v) is 5.52. The molecular formula is C12H20N2O5. The average Bonchev–Trinajstić information content (AvgIpc) is 2.97. The Morgan fingerprint density at radius 1 is 1.53 bits per heavy atom. The van der Waals surface area contributed by atoms with Crippen molar-refractivity contribution in [1.82, 2.24) is 10.2 Å². The fourth-order valence-electron chi connectivity index (χ4n) is 2.49. The van der Waals surface area contributed by atoms with Gasteiger partial charge in [0, 0.05) is 25.6 Å². The van der Waals surface area contributed by atoms with E-state index in [1.54, 1.807) is 11.8 Å². The van der Waals surface area contributed by atoms with E-state index in [1.807, 2.05) is 0 Å². The van der Waals surface area contributed by atoms with Gasteiger partial charge in [-0.2, -0.15) is 0 Å². The van der Waals surface area contributed by atoms with Crippen LogP contribution in [-0.4, -0.2) is 66.1 Å². The van der Waals surface area contributed by atoms with E-state index in [-0.39, 0.29) is 31.8 Å². The first-order valence-electron chi connectivity index (χ1n) is 6.45. The van der Waals surface area contributed by atoms with Gasteiger partial charge in [-0.05, 0) is 13.3 Å². The number of carbonyl (C=O) groups excluding carboxylic acids is 1. The van der Waals surface area contributed by atoms with Gasteiger partial charge in [0.2, 0.25) is 0 Å². The number of aliphatic hydroxyl groups is 1. The largest absolute Gasteiger partial charge is 0.481 e. The third-order valence-corrected chi connectivity index (χ3v) is 4.07. The smallest absolute Gasteiger partial charge is 0.317 e. The molecule has 0 spiro atoms. The van der Waals surface area contributed by atoms with Gasteiger partial charge in [-0.3, -0.25) is 4.79 Å². The van der Waals surface area contributed by atoms with Crippen LogP contribution >= 0.6 is 0 Å². The molecule has 0 saturated carbocycles. The molecule has 2 saturated heterocycles. The highest BCUT2D eigenvalue weighted by Gasteiger charge is 2.47. The zero-order chi connectivity index (χ0) is 14.0. The third kappa shape index (κ3) is 2.66. The molecule has 3 N–H and O–H groups in total. The number of likely N-dealkylation sites (tertiary alicyclic amines) is 1. The van der Waals surface area contributed by atoms with Crippen LogP contribution in [0.2, 0.25) is 0 Å². The maximum atomic E-state index is 12.1. The zero-order valence-corrected chi connectivity index (χ0v) is 11.0. The summed E-state index contributed by atoms with van der Waals surface area (Å²) in [5.74, 6) is -0.846. The minimum atomic E-state index is -1.08. The molecular weight excluding hydrogens is 252 g/mol. The van der Waals surface area contributed by atoms with Crippen LogP contribution in [0.25, 0.3) is 0 Å². The number of rotatable bonds is 3. The lowest BCUT2D eigenvalue weighted by Gasteiger charge is -2.27. The van der Waals surface area contributed by atoms with Crippen LogP contribution in [0.15, 0.2) is 0 Å². The lowest BCUT2D eigenvalue weighted by atomic mass is 9.85. The molecule has 0 aromatic heterocycles. The molecule has 0 aromatic carbocycles. The van der Waals surface area contributed by atoms with E-state index in [4.69, 9.17) is 9.84 Å². The number of aliphatic carboxylic acids is 1. The molecule has 2 fully saturated rings. The van der Waals surface area contributed by atoms with Crippen LogP contribution in [0.1, 0.15) is 13.3 Å². The number of carboxylic acid groups (broad SMARTS) is 1. The Morgan fingerprint density at radius 2 is 2.26 bits per heavy atom. The van der Waals surface area contributed by atoms with Crippen molar-refractivity contribution in [2.75, 3.05) is 32.9 Å². The summed E-state index contributed by atoms with van der Waals surface area (Å²) in [7, 11) is 0. The Balaban J connectivity index is 1.94. The Kier molecular flexibility index (Phi) is 3.96. The van der Waals surface area contributed by atoms with Crippen molar-refractivity contribution in [2.24, 2.45) is 11.3 Å². The Hall–Kier alpha value is -1.34. The summed E-state index contributed by atoms with van der Waals surface area (Å²) in [6.45, 7) is 3.07. The van der Waals surface area contributed by atoms with Gasteiger partial charge in [-0.25, -0.2) is 4.79 Å². The van der Waals surface area contributed by atoms with E-state index in [1.165, 1.54) is 0 Å². The first kappa shape index (κ1) is 14.1. The average molecular weight is 272 g/mol. The van der Waals surface area contributed by atoms with Crippen molar-refractivity contribution in [3.05, 3.63) is 0 Å². The number of ether oxygens (including phenoxy) is 1. The lowest BCUT2D eigenvalue weighted by Crippen LogP contribution is -2.53. The number of nitrogens with zero attached hydrogens (tertiary/aromatic N) is 1. The minimum Gasteiger partial charge on any atom is -0.481 e. The number of nitrogens with one attached hydrogen (secondary N) is 1. The van der Waals surface area contributed by atoms with Crippen LogP contribution < -0.4 is 5.32 Å². The summed E-state index contributed by atoms with van der Waals surface area (Å²) < 4.78 is 5.19. The molecule has 2 heterocycles. The van der Waals surface area contributed by atoms with Gasteiger partial charge in [-0.15, -0.1) is 0 Å². The van der Waals surface area contributed by atoms with Gasteiger partial charge in [0.15, 0.2) is 0 Å². The second-order valence-electron chi connectivity index (χ2n) is 5.52. The van der Waals surface area contributed by atoms with Gasteiger partial charge < -0.3 is 25.2 Å². The minimum absolute atomic E-state index is 0.0726. The normalized spacial score (nSPS) is 34.5. The predicted octanol–water partition coefficient (Wildman–Crippen LogP) is -0.500. The molecule has 0 bridgehead atoms. The van der Waals surface area contributed by atoms with Crippen LogP contribution in [0.4, 0.5) is 4.79 Å². The molecule has 0 aromatic rings. The van der Waals surface area contributed by atoms with Crippen LogP contribution in [0, 0.1) is 11.3 Å². The number of urea groups is 1. The molecule has 3 unspecified atom stereocenters. The van der Waals surface area contributed by atoms with E-state index in [0.717, 1.165) is 6.42 Å². The standard InChI is InChI=1S/C12H20N2O5/c1-12(10(16)17)7-19-6-9(12)13-11(18)14-3-2-8(4-14)5-15/h8-9,15H,2-7H2,1H3,(H,13,18)(H,16,17). The maximum absolute atomic E-state index is 12.1. The second kappa shape index (κ2) is 5.34. The number of amides is 2. The number of carbonyl (C=O) groups is 2. The molecule has 19 heavy (non-hydrogen) atoms. The van der Waals surface area contributed by atoms with E-state index in [0.29, 0.717) is 13.1 Å². The molecule has 2 aliphatic rings. The van der Waals surface area contributed by atoms with E-state index in [2.05, 4.69) is 5.32 Å². The fraction of sp³-hybridized carbons (Fsp3) is 0.833. The van der Waals surface area contributed by atoms with Crippen molar-refractivity contribution in [3.63, 3.8) is 0 Å². The summed E-state index contributed by atoms with van der Waals surface area (Å²) in [6.07, 6.45) is 0.779. The molecule has 2 rings (SSSR count). The van der Waals surface area contributed by atoms with Crippen LogP contribution in [0.3, 0.4) is 0 Å². The molecule has 108 valence electrons.